The maximum absolute atomic E-state index is 9.69. The smallest absolute Gasteiger partial charge is 0.111 e. The molecule has 0 spiro atoms. The maximum atomic E-state index is 9.69. The predicted octanol–water partition coefficient (Wildman–Crippen LogP) is 4.16. The molecular weight excluding hydrogens is 246 g/mol. The minimum Gasteiger partial charge on any atom is -0.508 e. The van der Waals surface area contributed by atoms with E-state index >= 15 is 0 Å². The molecule has 1 N–H and O–H groups in total. The van der Waals surface area contributed by atoms with Gasteiger partial charge in [-0.25, -0.2) is 0 Å². The number of rotatable bonds is 3. The number of nitrogens with zero attached hydrogens (tertiary/aromatic N) is 1. The first-order chi connectivity index (χ1) is 9.53. The normalized spacial score (nSPS) is 31.8. The molecule has 0 bridgehead atoms. The van der Waals surface area contributed by atoms with Crippen molar-refractivity contribution in [1.82, 2.24) is 4.90 Å². The molecule has 2 rings (SSSR count). The van der Waals surface area contributed by atoms with E-state index in [1.807, 2.05) is 12.2 Å². The lowest BCUT2D eigenvalue weighted by molar-refractivity contribution is 0.320. The second-order valence-electron chi connectivity index (χ2n) is 5.86. The van der Waals surface area contributed by atoms with Gasteiger partial charge in [-0.2, -0.15) is 0 Å². The van der Waals surface area contributed by atoms with Gasteiger partial charge in [-0.3, -0.25) is 0 Å². The van der Waals surface area contributed by atoms with Crippen molar-refractivity contribution < 1.29 is 5.11 Å². The van der Waals surface area contributed by atoms with Crippen LogP contribution in [0.4, 0.5) is 0 Å². The molecule has 2 aliphatic rings. The summed E-state index contributed by atoms with van der Waals surface area (Å²) in [5.41, 5.74) is 2.58. The molecule has 2 unspecified atom stereocenters. The minimum absolute atomic E-state index is 0.000370. The molecule has 1 heterocycles. The Kier molecular flexibility index (Phi) is 4.34. The molecule has 2 nitrogen and oxygen atoms in total. The van der Waals surface area contributed by atoms with Crippen molar-refractivity contribution >= 4 is 0 Å². The van der Waals surface area contributed by atoms with Crippen LogP contribution in [0.2, 0.25) is 0 Å². The molecule has 1 aliphatic heterocycles. The van der Waals surface area contributed by atoms with Crippen LogP contribution in [-0.4, -0.2) is 29.6 Å². The summed E-state index contributed by atoms with van der Waals surface area (Å²) in [5.74, 6) is 0.353. The molecule has 1 fully saturated rings. The Bertz CT molecular complexity index is 498. The molecule has 1 aliphatic carbocycles. The topological polar surface area (TPSA) is 23.5 Å². The van der Waals surface area contributed by atoms with E-state index in [2.05, 4.69) is 50.6 Å². The Hall–Kier alpha value is -1.54. The highest BCUT2D eigenvalue weighted by Gasteiger charge is 2.44. The molecule has 0 aromatic carbocycles. The summed E-state index contributed by atoms with van der Waals surface area (Å²) in [4.78, 5) is 2.40. The quantitative estimate of drug-likeness (QED) is 0.779. The standard InChI is InChI=1S/C18H25NO/c1-5-15(6-2)18(12-14(3)19(4)13-18)16-8-7-9-17(20)11-10-16/h5-6,8-11,14,20H,1,7,12-13H2,2-4H3/b15-6+. The molecule has 0 aromatic heterocycles. The summed E-state index contributed by atoms with van der Waals surface area (Å²) in [5, 5.41) is 9.69. The number of allylic oxidation sites excluding steroid dienone is 6. The summed E-state index contributed by atoms with van der Waals surface area (Å²) < 4.78 is 0. The van der Waals surface area contributed by atoms with E-state index in [1.54, 1.807) is 6.08 Å². The van der Waals surface area contributed by atoms with Crippen molar-refractivity contribution in [2.45, 2.75) is 32.7 Å². The molecule has 2 atom stereocenters. The first-order valence-electron chi connectivity index (χ1n) is 7.31. The van der Waals surface area contributed by atoms with Crippen LogP contribution < -0.4 is 0 Å². The van der Waals surface area contributed by atoms with E-state index in [0.29, 0.717) is 11.8 Å². The van der Waals surface area contributed by atoms with Gasteiger partial charge in [0, 0.05) is 18.0 Å². The molecule has 0 aromatic rings. The molecule has 0 radical (unpaired) electrons. The molecule has 108 valence electrons. The zero-order valence-corrected chi connectivity index (χ0v) is 12.8. The summed E-state index contributed by atoms with van der Waals surface area (Å²) >= 11 is 0. The highest BCUT2D eigenvalue weighted by Crippen LogP contribution is 2.47. The van der Waals surface area contributed by atoms with Crippen LogP contribution >= 0.6 is 0 Å². The highest BCUT2D eigenvalue weighted by atomic mass is 16.3. The number of aliphatic hydroxyl groups is 1. The van der Waals surface area contributed by atoms with E-state index in [0.717, 1.165) is 19.4 Å². The summed E-state index contributed by atoms with van der Waals surface area (Å²) in [7, 11) is 2.18. The van der Waals surface area contributed by atoms with Crippen LogP contribution in [0.25, 0.3) is 0 Å². The lowest BCUT2D eigenvalue weighted by Crippen LogP contribution is -2.28. The predicted molar refractivity (Wildman–Crippen MR) is 85.6 cm³/mol. The van der Waals surface area contributed by atoms with Gasteiger partial charge in [0.15, 0.2) is 0 Å². The first-order valence-corrected chi connectivity index (χ1v) is 7.31. The first kappa shape index (κ1) is 14.9. The van der Waals surface area contributed by atoms with Crippen LogP contribution in [0.1, 0.15) is 26.7 Å². The van der Waals surface area contributed by atoms with Crippen LogP contribution in [0.5, 0.6) is 0 Å². The van der Waals surface area contributed by atoms with E-state index in [1.165, 1.54) is 11.1 Å². The van der Waals surface area contributed by atoms with E-state index in [9.17, 15) is 5.11 Å². The van der Waals surface area contributed by atoms with E-state index in [4.69, 9.17) is 0 Å². The lowest BCUT2D eigenvalue weighted by atomic mass is 9.71. The number of hydrogen-bond acceptors (Lipinski definition) is 2. The largest absolute Gasteiger partial charge is 0.508 e. The van der Waals surface area contributed by atoms with E-state index in [-0.39, 0.29) is 5.41 Å². The maximum Gasteiger partial charge on any atom is 0.111 e. The third-order valence-corrected chi connectivity index (χ3v) is 4.65. The third kappa shape index (κ3) is 2.53. The van der Waals surface area contributed by atoms with Crippen molar-refractivity contribution in [3.63, 3.8) is 0 Å². The van der Waals surface area contributed by atoms with Crippen molar-refractivity contribution in [3.8, 4) is 0 Å². The second kappa shape index (κ2) is 5.84. The number of hydrogen-bond donors (Lipinski definition) is 1. The summed E-state index contributed by atoms with van der Waals surface area (Å²) in [6.07, 6.45) is 14.0. The number of likely N-dealkylation sites (tertiary alicyclic amines) is 1. The van der Waals surface area contributed by atoms with Crippen molar-refractivity contribution in [1.29, 1.82) is 0 Å². The lowest BCUT2D eigenvalue weighted by Gasteiger charge is -2.32. The van der Waals surface area contributed by atoms with Gasteiger partial charge in [-0.1, -0.05) is 30.9 Å². The van der Waals surface area contributed by atoms with E-state index < -0.39 is 0 Å². The highest BCUT2D eigenvalue weighted by molar-refractivity contribution is 5.45. The zero-order chi connectivity index (χ0) is 14.8. The van der Waals surface area contributed by atoms with Gasteiger partial charge in [0.05, 0.1) is 0 Å². The molecule has 0 saturated carbocycles. The van der Waals surface area contributed by atoms with Crippen LogP contribution in [-0.2, 0) is 0 Å². The van der Waals surface area contributed by atoms with Gasteiger partial charge in [-0.15, -0.1) is 0 Å². The molecule has 20 heavy (non-hydrogen) atoms. The van der Waals surface area contributed by atoms with Crippen LogP contribution in [0.15, 0.2) is 59.9 Å². The van der Waals surface area contributed by atoms with Gasteiger partial charge >= 0.3 is 0 Å². The molecular formula is C18H25NO. The fraction of sp³-hybridized carbons (Fsp3) is 0.444. The zero-order valence-electron chi connectivity index (χ0n) is 12.8. The van der Waals surface area contributed by atoms with Gasteiger partial charge in [0.1, 0.15) is 5.76 Å². The van der Waals surface area contributed by atoms with Crippen molar-refractivity contribution in [3.05, 3.63) is 59.9 Å². The fourth-order valence-corrected chi connectivity index (χ4v) is 3.45. The second-order valence-corrected chi connectivity index (χ2v) is 5.86. The monoisotopic (exact) mass is 271 g/mol. The fourth-order valence-electron chi connectivity index (χ4n) is 3.45. The summed E-state index contributed by atoms with van der Waals surface area (Å²) in [6, 6.07) is 0.545. The Labute approximate surface area is 122 Å². The van der Waals surface area contributed by atoms with Gasteiger partial charge in [0.2, 0.25) is 0 Å². The van der Waals surface area contributed by atoms with Crippen LogP contribution in [0.3, 0.4) is 0 Å². The molecule has 0 amide bonds. The van der Waals surface area contributed by atoms with Crippen molar-refractivity contribution in [2.24, 2.45) is 5.41 Å². The third-order valence-electron chi connectivity index (χ3n) is 4.65. The summed E-state index contributed by atoms with van der Waals surface area (Å²) in [6.45, 7) is 9.36. The average molecular weight is 271 g/mol. The Balaban J connectivity index is 2.46. The van der Waals surface area contributed by atoms with Gasteiger partial charge in [-0.05, 0) is 57.0 Å². The average Bonchev–Trinajstić information content (AvgIpc) is 2.60. The Morgan fingerprint density at radius 1 is 1.45 bits per heavy atom. The Morgan fingerprint density at radius 2 is 2.20 bits per heavy atom. The molecule has 1 saturated heterocycles. The minimum atomic E-state index is -0.000370. The molecule has 2 heteroatoms. The van der Waals surface area contributed by atoms with Gasteiger partial charge in [0.25, 0.3) is 0 Å². The van der Waals surface area contributed by atoms with Gasteiger partial charge < -0.3 is 10.0 Å². The Morgan fingerprint density at radius 3 is 2.75 bits per heavy atom. The van der Waals surface area contributed by atoms with Crippen molar-refractivity contribution in [2.75, 3.05) is 13.6 Å². The van der Waals surface area contributed by atoms with Crippen LogP contribution in [0, 0.1) is 5.41 Å². The SMILES string of the molecule is C=C/C(=C\C)C1(C2=CCC=C(O)C=C2)CC(C)N(C)C1. The number of aliphatic hydroxyl groups excluding tert-OH is 1.